The van der Waals surface area contributed by atoms with Crippen molar-refractivity contribution < 1.29 is 14.3 Å². The fraction of sp³-hybridized carbons (Fsp3) is 0.562. The van der Waals surface area contributed by atoms with E-state index in [1.807, 2.05) is 0 Å². The summed E-state index contributed by atoms with van der Waals surface area (Å²) in [6.07, 6.45) is 1.51. The Hall–Kier alpha value is -1.39. The topological polar surface area (TPSA) is 38.8 Å². The third kappa shape index (κ3) is 2.86. The van der Waals surface area contributed by atoms with Crippen LogP contribution in [0.25, 0.3) is 0 Å². The summed E-state index contributed by atoms with van der Waals surface area (Å²) in [5, 5.41) is 0. The van der Waals surface area contributed by atoms with Crippen LogP contribution < -0.4 is 0 Å². The van der Waals surface area contributed by atoms with Crippen LogP contribution in [0.15, 0.2) is 24.3 Å². The van der Waals surface area contributed by atoms with Crippen LogP contribution in [0.5, 0.6) is 0 Å². The molecular formula is C16H21NO3. The second-order valence-corrected chi connectivity index (χ2v) is 5.63. The molecule has 108 valence electrons. The maximum atomic E-state index is 11.3. The lowest BCUT2D eigenvalue weighted by molar-refractivity contribution is -0.145. The van der Waals surface area contributed by atoms with Crippen LogP contribution in [0.1, 0.15) is 23.5 Å². The van der Waals surface area contributed by atoms with Crippen molar-refractivity contribution in [2.75, 3.05) is 33.4 Å². The normalized spacial score (nSPS) is 25.6. The summed E-state index contributed by atoms with van der Waals surface area (Å²) in [6.45, 7) is 3.55. The molecule has 4 nitrogen and oxygen atoms in total. The zero-order valence-electron chi connectivity index (χ0n) is 11.9. The first kappa shape index (κ1) is 13.6. The molecule has 4 heteroatoms. The molecule has 0 saturated carbocycles. The van der Waals surface area contributed by atoms with E-state index in [0.29, 0.717) is 18.9 Å². The van der Waals surface area contributed by atoms with Crippen molar-refractivity contribution >= 4 is 5.97 Å². The zero-order valence-corrected chi connectivity index (χ0v) is 11.9. The minimum Gasteiger partial charge on any atom is -0.469 e. The summed E-state index contributed by atoms with van der Waals surface area (Å²) < 4.78 is 10.4. The quantitative estimate of drug-likeness (QED) is 0.782. The summed E-state index contributed by atoms with van der Waals surface area (Å²) >= 11 is 0. The highest BCUT2D eigenvalue weighted by molar-refractivity contribution is 5.69. The van der Waals surface area contributed by atoms with Gasteiger partial charge in [0, 0.05) is 25.6 Å². The Morgan fingerprint density at radius 2 is 2.30 bits per heavy atom. The standard InChI is InChI=1S/C16H21NO3/c1-19-16(18)9-14-11-17(6-7-20-14)10-13-8-12-4-2-3-5-15(12)13/h2-5,13-14H,6-11H2,1H3. The van der Waals surface area contributed by atoms with Gasteiger partial charge in [0.2, 0.25) is 0 Å². The van der Waals surface area contributed by atoms with Crippen molar-refractivity contribution in [2.24, 2.45) is 0 Å². The van der Waals surface area contributed by atoms with Gasteiger partial charge in [0.15, 0.2) is 0 Å². The minimum absolute atomic E-state index is 0.0217. The third-order valence-electron chi connectivity index (χ3n) is 4.28. The summed E-state index contributed by atoms with van der Waals surface area (Å²) in [5.41, 5.74) is 2.97. The second kappa shape index (κ2) is 5.94. The van der Waals surface area contributed by atoms with Crippen LogP contribution in [0.3, 0.4) is 0 Å². The number of ether oxygens (including phenoxy) is 2. The lowest BCUT2D eigenvalue weighted by Crippen LogP contribution is -2.46. The van der Waals surface area contributed by atoms with Gasteiger partial charge in [-0.05, 0) is 17.5 Å². The van der Waals surface area contributed by atoms with Crippen molar-refractivity contribution in [2.45, 2.75) is 24.9 Å². The second-order valence-electron chi connectivity index (χ2n) is 5.63. The van der Waals surface area contributed by atoms with E-state index in [4.69, 9.17) is 9.47 Å². The van der Waals surface area contributed by atoms with Gasteiger partial charge in [-0.15, -0.1) is 0 Å². The van der Waals surface area contributed by atoms with Gasteiger partial charge in [-0.2, -0.15) is 0 Å². The Morgan fingerprint density at radius 1 is 1.45 bits per heavy atom. The van der Waals surface area contributed by atoms with Gasteiger partial charge in [-0.1, -0.05) is 24.3 Å². The smallest absolute Gasteiger partial charge is 0.308 e. The molecule has 20 heavy (non-hydrogen) atoms. The summed E-state index contributed by atoms with van der Waals surface area (Å²) in [6, 6.07) is 8.67. The maximum Gasteiger partial charge on any atom is 0.308 e. The van der Waals surface area contributed by atoms with E-state index in [2.05, 4.69) is 29.2 Å². The summed E-state index contributed by atoms with van der Waals surface area (Å²) in [4.78, 5) is 13.7. The third-order valence-corrected chi connectivity index (χ3v) is 4.28. The van der Waals surface area contributed by atoms with Crippen LogP contribution in [-0.2, 0) is 20.7 Å². The molecule has 2 aliphatic rings. The van der Waals surface area contributed by atoms with Gasteiger partial charge in [-0.3, -0.25) is 9.69 Å². The monoisotopic (exact) mass is 275 g/mol. The first-order valence-electron chi connectivity index (χ1n) is 7.25. The van der Waals surface area contributed by atoms with Crippen molar-refractivity contribution in [3.05, 3.63) is 35.4 Å². The molecule has 0 N–H and O–H groups in total. The van der Waals surface area contributed by atoms with Crippen LogP contribution >= 0.6 is 0 Å². The molecule has 0 radical (unpaired) electrons. The number of rotatable bonds is 4. The highest BCUT2D eigenvalue weighted by Crippen LogP contribution is 2.35. The molecule has 1 aromatic rings. The van der Waals surface area contributed by atoms with E-state index in [-0.39, 0.29) is 12.1 Å². The molecule has 1 aliphatic heterocycles. The Bertz CT molecular complexity index is 488. The van der Waals surface area contributed by atoms with E-state index in [9.17, 15) is 4.79 Å². The highest BCUT2D eigenvalue weighted by atomic mass is 16.5. The first-order chi connectivity index (χ1) is 9.76. The number of carbonyl (C=O) groups is 1. The molecule has 0 bridgehead atoms. The molecule has 3 rings (SSSR count). The molecule has 0 aromatic heterocycles. The predicted molar refractivity (Wildman–Crippen MR) is 75.7 cm³/mol. The van der Waals surface area contributed by atoms with Crippen molar-refractivity contribution in [1.29, 1.82) is 0 Å². The summed E-state index contributed by atoms with van der Waals surface area (Å²) in [5.74, 6) is 0.453. The van der Waals surface area contributed by atoms with Gasteiger partial charge >= 0.3 is 5.97 Å². The number of methoxy groups -OCH3 is 1. The van der Waals surface area contributed by atoms with Crippen LogP contribution in [0.4, 0.5) is 0 Å². The van der Waals surface area contributed by atoms with E-state index >= 15 is 0 Å². The largest absolute Gasteiger partial charge is 0.469 e. The number of benzene rings is 1. The van der Waals surface area contributed by atoms with E-state index in [1.165, 1.54) is 24.7 Å². The zero-order chi connectivity index (χ0) is 13.9. The minimum atomic E-state index is -0.189. The average molecular weight is 275 g/mol. The molecule has 1 aliphatic carbocycles. The Balaban J connectivity index is 1.53. The Kier molecular flexibility index (Phi) is 4.03. The number of fused-ring (bicyclic) bond motifs is 1. The van der Waals surface area contributed by atoms with Gasteiger partial charge < -0.3 is 9.47 Å². The lowest BCUT2D eigenvalue weighted by Gasteiger charge is -2.38. The summed E-state index contributed by atoms with van der Waals surface area (Å²) in [7, 11) is 1.42. The molecule has 0 amide bonds. The number of nitrogens with zero attached hydrogens (tertiary/aromatic N) is 1. The fourth-order valence-corrected chi connectivity index (χ4v) is 3.18. The molecule has 1 heterocycles. The highest BCUT2D eigenvalue weighted by Gasteiger charge is 2.30. The van der Waals surface area contributed by atoms with Gasteiger partial charge in [-0.25, -0.2) is 0 Å². The molecule has 2 atom stereocenters. The van der Waals surface area contributed by atoms with Crippen LogP contribution in [0, 0.1) is 0 Å². The fourth-order valence-electron chi connectivity index (χ4n) is 3.18. The molecule has 1 fully saturated rings. The molecule has 2 unspecified atom stereocenters. The van der Waals surface area contributed by atoms with Gasteiger partial charge in [0.05, 0.1) is 26.2 Å². The number of hydrogen-bond donors (Lipinski definition) is 0. The Labute approximate surface area is 119 Å². The van der Waals surface area contributed by atoms with E-state index in [1.54, 1.807) is 0 Å². The molecule has 1 saturated heterocycles. The number of morpholine rings is 1. The number of carbonyl (C=O) groups excluding carboxylic acids is 1. The van der Waals surface area contributed by atoms with Crippen LogP contribution in [0.2, 0.25) is 0 Å². The van der Waals surface area contributed by atoms with Gasteiger partial charge in [0.25, 0.3) is 0 Å². The van der Waals surface area contributed by atoms with Crippen molar-refractivity contribution in [3.8, 4) is 0 Å². The SMILES string of the molecule is COC(=O)CC1CN(CC2Cc3ccccc32)CCO1. The number of hydrogen-bond acceptors (Lipinski definition) is 4. The molecule has 1 aromatic carbocycles. The van der Waals surface area contributed by atoms with E-state index < -0.39 is 0 Å². The average Bonchev–Trinajstić information content (AvgIpc) is 2.45. The van der Waals surface area contributed by atoms with E-state index in [0.717, 1.165) is 19.6 Å². The first-order valence-corrected chi connectivity index (χ1v) is 7.25. The van der Waals surface area contributed by atoms with Gasteiger partial charge in [0.1, 0.15) is 0 Å². The lowest BCUT2D eigenvalue weighted by atomic mass is 9.77. The molecular weight excluding hydrogens is 254 g/mol. The maximum absolute atomic E-state index is 11.3. The number of esters is 1. The Morgan fingerprint density at radius 3 is 3.10 bits per heavy atom. The van der Waals surface area contributed by atoms with Crippen molar-refractivity contribution in [1.82, 2.24) is 4.90 Å². The van der Waals surface area contributed by atoms with Crippen molar-refractivity contribution in [3.63, 3.8) is 0 Å². The predicted octanol–water partition coefficient (Wildman–Crippen LogP) is 1.59. The van der Waals surface area contributed by atoms with Crippen LogP contribution in [-0.4, -0.2) is 50.3 Å². The molecule has 0 spiro atoms.